The number of ether oxygens (including phenoxy) is 1. The van der Waals surface area contributed by atoms with E-state index in [-0.39, 0.29) is 28.5 Å². The molecule has 2 aliphatic rings. The monoisotopic (exact) mass is 420 g/mol. The minimum Gasteiger partial charge on any atom is -0.449 e. The van der Waals surface area contributed by atoms with Gasteiger partial charge in [-0.05, 0) is 49.6 Å². The van der Waals surface area contributed by atoms with Crippen LogP contribution < -0.4 is 4.90 Å². The van der Waals surface area contributed by atoms with Gasteiger partial charge in [-0.25, -0.2) is 4.79 Å². The molecule has 0 spiro atoms. The van der Waals surface area contributed by atoms with Crippen LogP contribution in [-0.4, -0.2) is 47.8 Å². The highest BCUT2D eigenvalue weighted by atomic mass is 16.5. The van der Waals surface area contributed by atoms with Crippen molar-refractivity contribution in [2.45, 2.75) is 39.2 Å². The summed E-state index contributed by atoms with van der Waals surface area (Å²) in [5.74, 6) is -1.75. The first-order valence-corrected chi connectivity index (χ1v) is 10.5. The molecule has 0 fully saturated rings. The van der Waals surface area contributed by atoms with Crippen LogP contribution in [0.3, 0.4) is 0 Å². The first-order valence-electron chi connectivity index (χ1n) is 10.5. The van der Waals surface area contributed by atoms with Crippen LogP contribution in [0.25, 0.3) is 0 Å². The van der Waals surface area contributed by atoms with E-state index in [1.54, 1.807) is 4.90 Å². The molecule has 0 unspecified atom stereocenters. The van der Waals surface area contributed by atoms with E-state index in [9.17, 15) is 19.2 Å². The number of esters is 1. The third-order valence-corrected chi connectivity index (χ3v) is 5.73. The Bertz CT molecular complexity index is 1080. The van der Waals surface area contributed by atoms with Crippen molar-refractivity contribution in [2.75, 3.05) is 18.0 Å². The third kappa shape index (κ3) is 3.71. The largest absolute Gasteiger partial charge is 0.449 e. The lowest BCUT2D eigenvalue weighted by atomic mass is 10.1. The Kier molecular flexibility index (Phi) is 5.59. The van der Waals surface area contributed by atoms with Crippen molar-refractivity contribution in [3.8, 4) is 0 Å². The molecule has 0 saturated carbocycles. The fourth-order valence-corrected chi connectivity index (χ4v) is 4.00. The van der Waals surface area contributed by atoms with E-state index in [2.05, 4.69) is 0 Å². The molecule has 2 aromatic carbocycles. The SMILES string of the molecule is CCCCN1C(=O)c2ccc(C(=O)O[C@H](C)C(=O)N3CCc4ccccc43)cc2C1=O. The Labute approximate surface area is 180 Å². The Balaban J connectivity index is 1.47. The molecule has 0 bridgehead atoms. The zero-order valence-electron chi connectivity index (χ0n) is 17.6. The van der Waals surface area contributed by atoms with Crippen LogP contribution in [0.1, 0.15) is 63.3 Å². The summed E-state index contributed by atoms with van der Waals surface area (Å²) in [5, 5.41) is 0. The lowest BCUT2D eigenvalue weighted by Crippen LogP contribution is -2.39. The summed E-state index contributed by atoms with van der Waals surface area (Å²) in [4.78, 5) is 53.4. The van der Waals surface area contributed by atoms with Crippen LogP contribution in [0, 0.1) is 0 Å². The minimum atomic E-state index is -0.981. The quantitative estimate of drug-likeness (QED) is 0.529. The fraction of sp³-hybridized carbons (Fsp3) is 0.333. The highest BCUT2D eigenvalue weighted by molar-refractivity contribution is 6.22. The molecule has 2 heterocycles. The van der Waals surface area contributed by atoms with E-state index in [4.69, 9.17) is 4.74 Å². The number of fused-ring (bicyclic) bond motifs is 2. The van der Waals surface area contributed by atoms with Gasteiger partial charge in [-0.1, -0.05) is 31.5 Å². The topological polar surface area (TPSA) is 84.0 Å². The Morgan fingerprint density at radius 3 is 2.58 bits per heavy atom. The number of hydrogen-bond donors (Lipinski definition) is 0. The van der Waals surface area contributed by atoms with Crippen molar-refractivity contribution in [3.63, 3.8) is 0 Å². The first-order chi connectivity index (χ1) is 14.9. The average molecular weight is 420 g/mol. The van der Waals surface area contributed by atoms with Crippen LogP contribution >= 0.6 is 0 Å². The number of carbonyl (C=O) groups is 4. The summed E-state index contributed by atoms with van der Waals surface area (Å²) in [6.45, 7) is 4.42. The molecule has 0 aromatic heterocycles. The summed E-state index contributed by atoms with van der Waals surface area (Å²) in [6, 6.07) is 12.0. The predicted octanol–water partition coefficient (Wildman–Crippen LogP) is 3.22. The lowest BCUT2D eigenvalue weighted by molar-refractivity contribution is -0.126. The van der Waals surface area contributed by atoms with Crippen molar-refractivity contribution in [1.29, 1.82) is 0 Å². The average Bonchev–Trinajstić information content (AvgIpc) is 3.31. The van der Waals surface area contributed by atoms with Gasteiger partial charge >= 0.3 is 5.97 Å². The molecule has 4 rings (SSSR count). The van der Waals surface area contributed by atoms with E-state index in [1.165, 1.54) is 30.0 Å². The molecule has 2 aromatic rings. The van der Waals surface area contributed by atoms with Crippen molar-refractivity contribution < 1.29 is 23.9 Å². The summed E-state index contributed by atoms with van der Waals surface area (Å²) in [6.07, 6.45) is 1.36. The zero-order chi connectivity index (χ0) is 22.1. The van der Waals surface area contributed by atoms with Crippen LogP contribution in [-0.2, 0) is 16.0 Å². The highest BCUT2D eigenvalue weighted by Gasteiger charge is 2.36. The normalized spacial score (nSPS) is 15.7. The smallest absolute Gasteiger partial charge is 0.338 e. The second-order valence-electron chi connectivity index (χ2n) is 7.79. The minimum absolute atomic E-state index is 0.138. The highest BCUT2D eigenvalue weighted by Crippen LogP contribution is 2.29. The molecule has 0 N–H and O–H groups in total. The Morgan fingerprint density at radius 1 is 1.06 bits per heavy atom. The standard InChI is InChI=1S/C24H24N2O5/c1-3-4-12-26-22(28)18-10-9-17(14-19(18)23(26)29)24(30)31-15(2)21(27)25-13-11-16-7-5-6-8-20(16)25/h5-10,14-15H,3-4,11-13H2,1-2H3/t15-/m1/s1. The molecule has 1 atom stereocenters. The molecule has 0 aliphatic carbocycles. The van der Waals surface area contributed by atoms with Gasteiger partial charge in [0.15, 0.2) is 6.10 Å². The van der Waals surface area contributed by atoms with Crippen molar-refractivity contribution in [1.82, 2.24) is 4.90 Å². The summed E-state index contributed by atoms with van der Waals surface area (Å²) >= 11 is 0. The van der Waals surface area contributed by atoms with E-state index < -0.39 is 18.0 Å². The van der Waals surface area contributed by atoms with Gasteiger partial charge in [-0.3, -0.25) is 19.3 Å². The Hall–Kier alpha value is -3.48. The van der Waals surface area contributed by atoms with E-state index >= 15 is 0 Å². The van der Waals surface area contributed by atoms with Gasteiger partial charge in [0.05, 0.1) is 16.7 Å². The predicted molar refractivity (Wildman–Crippen MR) is 114 cm³/mol. The van der Waals surface area contributed by atoms with Crippen LogP contribution in [0.15, 0.2) is 42.5 Å². The molecule has 3 amide bonds. The van der Waals surface area contributed by atoms with E-state index in [0.29, 0.717) is 13.1 Å². The number of amides is 3. The van der Waals surface area contributed by atoms with Crippen LogP contribution in [0.5, 0.6) is 0 Å². The number of anilines is 1. The molecular formula is C24H24N2O5. The molecule has 31 heavy (non-hydrogen) atoms. The van der Waals surface area contributed by atoms with Crippen LogP contribution in [0.4, 0.5) is 5.69 Å². The van der Waals surface area contributed by atoms with Crippen LogP contribution in [0.2, 0.25) is 0 Å². The van der Waals surface area contributed by atoms with Gasteiger partial charge in [0.25, 0.3) is 17.7 Å². The van der Waals surface area contributed by atoms with Crippen molar-refractivity contribution >= 4 is 29.4 Å². The number of rotatable bonds is 6. The number of hydrogen-bond acceptors (Lipinski definition) is 5. The number of benzene rings is 2. The van der Waals surface area contributed by atoms with Crippen molar-refractivity contribution in [3.05, 3.63) is 64.7 Å². The van der Waals surface area contributed by atoms with Gasteiger partial charge in [-0.15, -0.1) is 0 Å². The van der Waals surface area contributed by atoms with Crippen molar-refractivity contribution in [2.24, 2.45) is 0 Å². The molecule has 160 valence electrons. The first kappa shape index (κ1) is 20.8. The number of carbonyl (C=O) groups excluding carboxylic acids is 4. The molecule has 2 aliphatic heterocycles. The molecular weight excluding hydrogens is 396 g/mol. The number of imide groups is 1. The fourth-order valence-electron chi connectivity index (χ4n) is 4.00. The van der Waals surface area contributed by atoms with Gasteiger partial charge in [0.1, 0.15) is 0 Å². The summed E-state index contributed by atoms with van der Waals surface area (Å²) < 4.78 is 5.40. The second kappa shape index (κ2) is 8.34. The molecule has 7 heteroatoms. The van der Waals surface area contributed by atoms with Gasteiger partial charge < -0.3 is 9.64 Å². The number of unbranched alkanes of at least 4 members (excludes halogenated alkanes) is 1. The number of para-hydroxylation sites is 1. The van der Waals surface area contributed by atoms with E-state index in [1.807, 2.05) is 31.2 Å². The Morgan fingerprint density at radius 2 is 1.81 bits per heavy atom. The second-order valence-corrected chi connectivity index (χ2v) is 7.79. The maximum atomic E-state index is 12.8. The van der Waals surface area contributed by atoms with Gasteiger partial charge in [0, 0.05) is 18.8 Å². The van der Waals surface area contributed by atoms with Gasteiger partial charge in [0.2, 0.25) is 0 Å². The maximum Gasteiger partial charge on any atom is 0.338 e. The lowest BCUT2D eigenvalue weighted by Gasteiger charge is -2.21. The van der Waals surface area contributed by atoms with E-state index in [0.717, 1.165) is 30.5 Å². The summed E-state index contributed by atoms with van der Waals surface area (Å²) in [5.41, 5.74) is 2.55. The van der Waals surface area contributed by atoms with Gasteiger partial charge in [-0.2, -0.15) is 0 Å². The molecule has 7 nitrogen and oxygen atoms in total. The maximum absolute atomic E-state index is 12.8. The third-order valence-electron chi connectivity index (χ3n) is 5.73. The molecule has 0 saturated heterocycles. The molecule has 0 radical (unpaired) electrons. The zero-order valence-corrected chi connectivity index (χ0v) is 17.6. The summed E-state index contributed by atoms with van der Waals surface area (Å²) in [7, 11) is 0. The number of nitrogens with zero attached hydrogens (tertiary/aromatic N) is 2.